The summed E-state index contributed by atoms with van der Waals surface area (Å²) in [6.45, 7) is 2.03. The monoisotopic (exact) mass is 274 g/mol. The lowest BCUT2D eigenvalue weighted by molar-refractivity contribution is 1.38. The zero-order valence-electron chi connectivity index (χ0n) is 11.7. The van der Waals surface area contributed by atoms with Crippen LogP contribution in [0.4, 0.5) is 0 Å². The van der Waals surface area contributed by atoms with Gasteiger partial charge in [-0.15, -0.1) is 0 Å². The number of hydrogen-bond donors (Lipinski definition) is 0. The Hall–Kier alpha value is -2.74. The number of hydrogen-bond acceptors (Lipinski definition) is 2. The van der Waals surface area contributed by atoms with E-state index in [2.05, 4.69) is 0 Å². The third-order valence-corrected chi connectivity index (χ3v) is 3.53. The molecule has 0 spiro atoms. The highest BCUT2D eigenvalue weighted by Crippen LogP contribution is 2.21. The van der Waals surface area contributed by atoms with Gasteiger partial charge < -0.3 is 0 Å². The molecule has 0 bridgehead atoms. The first kappa shape index (κ1) is 13.3. The van der Waals surface area contributed by atoms with Crippen molar-refractivity contribution in [1.82, 2.24) is 0 Å². The zero-order chi connectivity index (χ0) is 14.8. The first-order chi connectivity index (χ1) is 10.2. The molecular weight excluding hydrogens is 260 g/mol. The van der Waals surface area contributed by atoms with E-state index in [1.165, 1.54) is 5.56 Å². The molecule has 21 heavy (non-hydrogen) atoms. The summed E-state index contributed by atoms with van der Waals surface area (Å²) < 4.78 is 0. The van der Waals surface area contributed by atoms with Gasteiger partial charge in [0.25, 0.3) is 0 Å². The molecular formula is C19H14O2. The summed E-state index contributed by atoms with van der Waals surface area (Å²) in [5.74, 6) is 0. The summed E-state index contributed by atoms with van der Waals surface area (Å²) in [6, 6.07) is 17.3. The minimum absolute atomic E-state index is 0.398. The lowest BCUT2D eigenvalue weighted by Gasteiger charge is -2.07. The molecule has 0 saturated heterocycles. The van der Waals surface area contributed by atoms with Crippen LogP contribution in [-0.2, 0) is 0 Å². The van der Waals surface area contributed by atoms with Crippen LogP contribution in [0.3, 0.4) is 0 Å². The van der Waals surface area contributed by atoms with Gasteiger partial charge >= 0.3 is 0 Å². The SMILES string of the molecule is Cc1ccc(/C=C/c2c(-c3ccccc3)c(=O)c2=O)cc1. The lowest BCUT2D eigenvalue weighted by atomic mass is 9.93. The molecule has 0 heterocycles. The van der Waals surface area contributed by atoms with Crippen LogP contribution in [0.2, 0.25) is 0 Å². The Morgan fingerprint density at radius 2 is 1.43 bits per heavy atom. The van der Waals surface area contributed by atoms with E-state index in [-0.39, 0.29) is 0 Å². The maximum absolute atomic E-state index is 11.8. The molecule has 0 unspecified atom stereocenters. The quantitative estimate of drug-likeness (QED) is 0.686. The van der Waals surface area contributed by atoms with Gasteiger partial charge in [0.05, 0.1) is 0 Å². The molecule has 0 fully saturated rings. The average Bonchev–Trinajstić information content (AvgIpc) is 2.53. The fourth-order valence-electron chi connectivity index (χ4n) is 2.32. The molecule has 0 aliphatic heterocycles. The van der Waals surface area contributed by atoms with Gasteiger partial charge in [-0.3, -0.25) is 9.59 Å². The average molecular weight is 274 g/mol. The van der Waals surface area contributed by atoms with Crippen molar-refractivity contribution in [3.8, 4) is 11.1 Å². The Morgan fingerprint density at radius 1 is 0.762 bits per heavy atom. The summed E-state index contributed by atoms with van der Waals surface area (Å²) in [7, 11) is 0. The molecule has 0 aromatic heterocycles. The van der Waals surface area contributed by atoms with Gasteiger partial charge in [0, 0.05) is 11.1 Å². The first-order valence-corrected chi connectivity index (χ1v) is 6.80. The maximum atomic E-state index is 11.8. The third-order valence-electron chi connectivity index (χ3n) is 3.53. The summed E-state index contributed by atoms with van der Waals surface area (Å²) >= 11 is 0. The van der Waals surface area contributed by atoms with E-state index in [1.54, 1.807) is 6.08 Å². The Bertz CT molecular complexity index is 862. The van der Waals surface area contributed by atoms with Crippen LogP contribution in [0.25, 0.3) is 23.3 Å². The van der Waals surface area contributed by atoms with Crippen LogP contribution in [0.1, 0.15) is 16.7 Å². The molecule has 0 aliphatic carbocycles. The fourth-order valence-corrected chi connectivity index (χ4v) is 2.32. The lowest BCUT2D eigenvalue weighted by Crippen LogP contribution is -2.35. The topological polar surface area (TPSA) is 34.1 Å². The Labute approximate surface area is 122 Å². The maximum Gasteiger partial charge on any atom is 0.234 e. The molecule has 3 rings (SSSR count). The predicted octanol–water partition coefficient (Wildman–Crippen LogP) is 3.43. The number of aryl methyl sites for hydroxylation is 1. The summed E-state index contributed by atoms with van der Waals surface area (Å²) in [5, 5.41) is 0. The van der Waals surface area contributed by atoms with Gasteiger partial charge in [-0.1, -0.05) is 66.2 Å². The van der Waals surface area contributed by atoms with Crippen LogP contribution in [0.5, 0.6) is 0 Å². The minimum Gasteiger partial charge on any atom is -0.285 e. The van der Waals surface area contributed by atoms with E-state index >= 15 is 0 Å². The summed E-state index contributed by atoms with van der Waals surface area (Å²) in [5.41, 5.74) is 3.20. The van der Waals surface area contributed by atoms with Crippen LogP contribution >= 0.6 is 0 Å². The van der Waals surface area contributed by atoms with E-state index in [1.807, 2.05) is 67.6 Å². The van der Waals surface area contributed by atoms with Crippen molar-refractivity contribution in [2.75, 3.05) is 0 Å². The van der Waals surface area contributed by atoms with Crippen LogP contribution < -0.4 is 10.9 Å². The molecule has 0 saturated carbocycles. The highest BCUT2D eigenvalue weighted by atomic mass is 16.2. The van der Waals surface area contributed by atoms with Gasteiger partial charge in [-0.2, -0.15) is 0 Å². The van der Waals surface area contributed by atoms with E-state index < -0.39 is 10.9 Å². The fraction of sp³-hybridized carbons (Fsp3) is 0.0526. The molecule has 2 heteroatoms. The van der Waals surface area contributed by atoms with Crippen LogP contribution in [-0.4, -0.2) is 0 Å². The third kappa shape index (κ3) is 2.48. The normalized spacial score (nSPS) is 11.3. The van der Waals surface area contributed by atoms with Gasteiger partial charge in [-0.25, -0.2) is 0 Å². The van der Waals surface area contributed by atoms with E-state index in [4.69, 9.17) is 0 Å². The van der Waals surface area contributed by atoms with E-state index in [0.29, 0.717) is 11.1 Å². The minimum atomic E-state index is -0.405. The molecule has 3 aromatic carbocycles. The molecule has 0 radical (unpaired) electrons. The van der Waals surface area contributed by atoms with Crippen molar-refractivity contribution < 1.29 is 0 Å². The molecule has 0 atom stereocenters. The van der Waals surface area contributed by atoms with Crippen LogP contribution in [0.15, 0.2) is 64.2 Å². The van der Waals surface area contributed by atoms with Gasteiger partial charge in [0.2, 0.25) is 10.9 Å². The van der Waals surface area contributed by atoms with E-state index in [0.717, 1.165) is 11.1 Å². The second-order valence-electron chi connectivity index (χ2n) is 5.06. The molecule has 2 nitrogen and oxygen atoms in total. The molecule has 0 aliphatic rings. The van der Waals surface area contributed by atoms with Crippen molar-refractivity contribution in [1.29, 1.82) is 0 Å². The molecule has 3 aromatic rings. The molecule has 0 N–H and O–H groups in total. The highest BCUT2D eigenvalue weighted by molar-refractivity contribution is 5.83. The van der Waals surface area contributed by atoms with Crippen molar-refractivity contribution >= 4 is 12.2 Å². The second kappa shape index (κ2) is 5.33. The Kier molecular flexibility index (Phi) is 3.36. The molecule has 102 valence electrons. The standard InChI is InChI=1S/C19H14O2/c1-13-7-9-14(10-8-13)11-12-16-17(19(21)18(16)20)15-5-3-2-4-6-15/h2-12H,1H3/b12-11+. The van der Waals surface area contributed by atoms with Gasteiger partial charge in [-0.05, 0) is 24.1 Å². The molecule has 0 amide bonds. The number of benzene rings is 2. The predicted molar refractivity (Wildman–Crippen MR) is 86.9 cm³/mol. The smallest absolute Gasteiger partial charge is 0.234 e. The van der Waals surface area contributed by atoms with E-state index in [9.17, 15) is 9.59 Å². The Morgan fingerprint density at radius 3 is 2.10 bits per heavy atom. The largest absolute Gasteiger partial charge is 0.285 e. The summed E-state index contributed by atoms with van der Waals surface area (Å²) in [6.07, 6.45) is 3.60. The van der Waals surface area contributed by atoms with Crippen molar-refractivity contribution in [2.45, 2.75) is 6.92 Å². The van der Waals surface area contributed by atoms with Gasteiger partial charge in [0.15, 0.2) is 0 Å². The van der Waals surface area contributed by atoms with Crippen LogP contribution in [0, 0.1) is 6.92 Å². The first-order valence-electron chi connectivity index (χ1n) is 6.80. The highest BCUT2D eigenvalue weighted by Gasteiger charge is 2.19. The number of rotatable bonds is 3. The van der Waals surface area contributed by atoms with Crippen molar-refractivity contribution in [3.05, 3.63) is 91.7 Å². The summed E-state index contributed by atoms with van der Waals surface area (Å²) in [4.78, 5) is 23.5. The van der Waals surface area contributed by atoms with Crippen molar-refractivity contribution in [2.24, 2.45) is 0 Å². The van der Waals surface area contributed by atoms with Gasteiger partial charge in [0.1, 0.15) is 0 Å². The zero-order valence-corrected chi connectivity index (χ0v) is 11.7. The second-order valence-corrected chi connectivity index (χ2v) is 5.06. The Balaban J connectivity index is 1.97. The van der Waals surface area contributed by atoms with Crippen molar-refractivity contribution in [3.63, 3.8) is 0 Å².